The third-order valence-electron chi connectivity index (χ3n) is 2.86. The van der Waals surface area contributed by atoms with Gasteiger partial charge in [-0.05, 0) is 35.9 Å². The molecular formula is C17H12ClNO2S. The molecule has 0 unspecified atom stereocenters. The summed E-state index contributed by atoms with van der Waals surface area (Å²) in [6, 6.07) is 16.8. The molecule has 0 N–H and O–H groups in total. The predicted molar refractivity (Wildman–Crippen MR) is 87.8 cm³/mol. The van der Waals surface area contributed by atoms with Crippen molar-refractivity contribution in [2.75, 3.05) is 0 Å². The summed E-state index contributed by atoms with van der Waals surface area (Å²) in [6.07, 6.45) is 4.56. The number of sulfone groups is 1. The fourth-order valence-electron chi connectivity index (χ4n) is 1.74. The summed E-state index contributed by atoms with van der Waals surface area (Å²) in [5.41, 5.74) is 0.917. The fourth-order valence-corrected chi connectivity index (χ4v) is 2.99. The molecule has 110 valence electrons. The zero-order valence-electron chi connectivity index (χ0n) is 11.5. The molecule has 0 saturated heterocycles. The Kier molecular flexibility index (Phi) is 5.16. The lowest BCUT2D eigenvalue weighted by Gasteiger charge is -2.02. The van der Waals surface area contributed by atoms with Gasteiger partial charge in [0, 0.05) is 5.02 Å². The highest BCUT2D eigenvalue weighted by Crippen LogP contribution is 2.21. The molecule has 2 aromatic carbocycles. The third kappa shape index (κ3) is 3.85. The number of halogens is 1. The smallest absolute Gasteiger partial charge is 0.216 e. The molecular weight excluding hydrogens is 318 g/mol. The van der Waals surface area contributed by atoms with Crippen molar-refractivity contribution in [2.24, 2.45) is 0 Å². The molecule has 0 aliphatic rings. The number of nitriles is 1. The Morgan fingerprint density at radius 1 is 1.05 bits per heavy atom. The van der Waals surface area contributed by atoms with Gasteiger partial charge < -0.3 is 0 Å². The van der Waals surface area contributed by atoms with Crippen molar-refractivity contribution >= 4 is 27.5 Å². The summed E-state index contributed by atoms with van der Waals surface area (Å²) in [6.45, 7) is 0. The Hall–Kier alpha value is -2.35. The molecule has 5 heteroatoms. The van der Waals surface area contributed by atoms with E-state index in [-0.39, 0.29) is 9.80 Å². The van der Waals surface area contributed by atoms with Crippen LogP contribution in [0.25, 0.3) is 6.08 Å². The highest BCUT2D eigenvalue weighted by Gasteiger charge is 2.19. The summed E-state index contributed by atoms with van der Waals surface area (Å²) < 4.78 is 24.7. The van der Waals surface area contributed by atoms with Crippen molar-refractivity contribution < 1.29 is 8.42 Å². The van der Waals surface area contributed by atoms with E-state index in [0.29, 0.717) is 5.02 Å². The average molecular weight is 330 g/mol. The van der Waals surface area contributed by atoms with Crippen LogP contribution < -0.4 is 0 Å². The van der Waals surface area contributed by atoms with Gasteiger partial charge in [-0.25, -0.2) is 8.42 Å². The molecule has 2 rings (SSSR count). The van der Waals surface area contributed by atoms with Gasteiger partial charge in [0.05, 0.1) is 4.90 Å². The maximum Gasteiger partial charge on any atom is 0.216 e. The third-order valence-corrected chi connectivity index (χ3v) is 4.81. The van der Waals surface area contributed by atoms with Crippen molar-refractivity contribution in [3.63, 3.8) is 0 Å². The number of hydrogen-bond donors (Lipinski definition) is 0. The lowest BCUT2D eigenvalue weighted by Crippen LogP contribution is -2.03. The zero-order valence-corrected chi connectivity index (χ0v) is 13.1. The number of hydrogen-bond acceptors (Lipinski definition) is 3. The largest absolute Gasteiger partial charge is 0.218 e. The Bertz CT molecular complexity index is 846. The molecule has 0 saturated carbocycles. The van der Waals surface area contributed by atoms with Crippen LogP contribution in [0.3, 0.4) is 0 Å². The van der Waals surface area contributed by atoms with Crippen LogP contribution in [0.4, 0.5) is 0 Å². The molecule has 0 fully saturated rings. The average Bonchev–Trinajstić information content (AvgIpc) is 2.53. The first-order chi connectivity index (χ1) is 10.5. The van der Waals surface area contributed by atoms with E-state index in [1.165, 1.54) is 30.3 Å². The second-order valence-electron chi connectivity index (χ2n) is 4.37. The van der Waals surface area contributed by atoms with Gasteiger partial charge in [-0.2, -0.15) is 5.26 Å². The minimum Gasteiger partial charge on any atom is -0.218 e. The minimum absolute atomic E-state index is 0.0396. The Morgan fingerprint density at radius 2 is 1.68 bits per heavy atom. The molecule has 0 radical (unpaired) electrons. The van der Waals surface area contributed by atoms with Gasteiger partial charge in [-0.3, -0.25) is 0 Å². The van der Waals surface area contributed by atoms with E-state index in [9.17, 15) is 8.42 Å². The van der Waals surface area contributed by atoms with E-state index in [2.05, 4.69) is 0 Å². The second kappa shape index (κ2) is 7.08. The molecule has 22 heavy (non-hydrogen) atoms. The Labute approximate surface area is 134 Å². The lowest BCUT2D eigenvalue weighted by atomic mass is 10.2. The monoisotopic (exact) mass is 329 g/mol. The van der Waals surface area contributed by atoms with Crippen LogP contribution in [-0.2, 0) is 9.84 Å². The van der Waals surface area contributed by atoms with Crippen LogP contribution in [-0.4, -0.2) is 8.42 Å². The molecule has 0 aliphatic carbocycles. The lowest BCUT2D eigenvalue weighted by molar-refractivity contribution is 0.603. The number of benzene rings is 2. The van der Waals surface area contributed by atoms with Gasteiger partial charge in [-0.15, -0.1) is 0 Å². The Morgan fingerprint density at radius 3 is 2.27 bits per heavy atom. The van der Waals surface area contributed by atoms with Crippen LogP contribution >= 0.6 is 11.6 Å². The van der Waals surface area contributed by atoms with E-state index >= 15 is 0 Å². The first-order valence-corrected chi connectivity index (χ1v) is 8.24. The highest BCUT2D eigenvalue weighted by atomic mass is 35.5. The normalized spacial score (nSPS) is 12.3. The van der Waals surface area contributed by atoms with Gasteiger partial charge in [0.1, 0.15) is 11.0 Å². The van der Waals surface area contributed by atoms with Crippen molar-refractivity contribution in [1.29, 1.82) is 5.26 Å². The van der Waals surface area contributed by atoms with Gasteiger partial charge >= 0.3 is 0 Å². The number of rotatable bonds is 4. The molecule has 0 atom stereocenters. The molecule has 0 amide bonds. The maximum absolute atomic E-state index is 12.3. The molecule has 0 bridgehead atoms. The van der Waals surface area contributed by atoms with Gasteiger partial charge in [0.2, 0.25) is 9.84 Å². The Balaban J connectivity index is 2.31. The molecule has 3 nitrogen and oxygen atoms in total. The van der Waals surface area contributed by atoms with E-state index < -0.39 is 9.84 Å². The first kappa shape index (κ1) is 16.0. The van der Waals surface area contributed by atoms with Crippen molar-refractivity contribution in [3.05, 3.63) is 82.2 Å². The summed E-state index contributed by atoms with van der Waals surface area (Å²) in [4.78, 5) is -0.278. The summed E-state index contributed by atoms with van der Waals surface area (Å²) in [7, 11) is -3.83. The molecule has 0 spiro atoms. The van der Waals surface area contributed by atoms with E-state index in [1.54, 1.807) is 18.2 Å². The molecule has 2 aromatic rings. The summed E-state index contributed by atoms with van der Waals surface area (Å²) in [5, 5.41) is 9.55. The van der Waals surface area contributed by atoms with Crippen LogP contribution in [0.1, 0.15) is 5.56 Å². The topological polar surface area (TPSA) is 57.9 Å². The maximum atomic E-state index is 12.3. The SMILES string of the molecule is N#C/C(=C\C=C\c1ccccc1)S(=O)(=O)c1ccc(Cl)cc1. The quantitative estimate of drug-likeness (QED) is 0.623. The highest BCUT2D eigenvalue weighted by molar-refractivity contribution is 7.95. The van der Waals surface area contributed by atoms with Crippen LogP contribution in [0.5, 0.6) is 0 Å². The van der Waals surface area contributed by atoms with Gasteiger partial charge in [0.15, 0.2) is 0 Å². The summed E-state index contributed by atoms with van der Waals surface area (Å²) >= 11 is 5.74. The molecule has 0 aromatic heterocycles. The van der Waals surface area contributed by atoms with Gasteiger partial charge in [-0.1, -0.05) is 54.1 Å². The van der Waals surface area contributed by atoms with E-state index in [4.69, 9.17) is 16.9 Å². The first-order valence-electron chi connectivity index (χ1n) is 6.38. The fraction of sp³-hybridized carbons (Fsp3) is 0. The van der Waals surface area contributed by atoms with Crippen molar-refractivity contribution in [1.82, 2.24) is 0 Å². The molecule has 0 aliphatic heterocycles. The summed E-state index contributed by atoms with van der Waals surface area (Å²) in [5.74, 6) is 0. The number of allylic oxidation sites excluding steroid dienone is 3. The van der Waals surface area contributed by atoms with E-state index in [0.717, 1.165) is 5.56 Å². The van der Waals surface area contributed by atoms with E-state index in [1.807, 2.05) is 30.3 Å². The van der Waals surface area contributed by atoms with Crippen molar-refractivity contribution in [2.45, 2.75) is 4.90 Å². The predicted octanol–water partition coefficient (Wildman–Crippen LogP) is 4.23. The van der Waals surface area contributed by atoms with Crippen molar-refractivity contribution in [3.8, 4) is 6.07 Å². The second-order valence-corrected chi connectivity index (χ2v) is 6.72. The van der Waals surface area contributed by atoms with Crippen LogP contribution in [0.2, 0.25) is 5.02 Å². The zero-order chi connectivity index (χ0) is 16.0. The standard InChI is InChI=1S/C17H12ClNO2S/c18-15-9-11-16(12-10-15)22(20,21)17(13-19)8-4-7-14-5-2-1-3-6-14/h1-12H/b7-4+,17-8+. The van der Waals surface area contributed by atoms with Gasteiger partial charge in [0.25, 0.3) is 0 Å². The number of nitrogens with zero attached hydrogens (tertiary/aromatic N) is 1. The molecule has 0 heterocycles. The van der Waals surface area contributed by atoms with Crippen LogP contribution in [0.15, 0.2) is 76.5 Å². The minimum atomic E-state index is -3.83. The van der Waals surface area contributed by atoms with Crippen LogP contribution in [0, 0.1) is 11.3 Å².